The molecule has 0 aliphatic carbocycles. The molecule has 0 fully saturated rings. The molecule has 0 radical (unpaired) electrons. The van der Waals surface area contributed by atoms with Crippen molar-refractivity contribution in [3.05, 3.63) is 64.7 Å². The van der Waals surface area contributed by atoms with E-state index in [2.05, 4.69) is 5.32 Å². The fourth-order valence-corrected chi connectivity index (χ4v) is 3.55. The van der Waals surface area contributed by atoms with Gasteiger partial charge < -0.3 is 15.0 Å². The van der Waals surface area contributed by atoms with Crippen LogP contribution in [0.15, 0.2) is 48.5 Å². The van der Waals surface area contributed by atoms with Crippen LogP contribution in [-0.2, 0) is 16.1 Å². The zero-order valence-electron chi connectivity index (χ0n) is 19.6. The Morgan fingerprint density at radius 3 is 2.38 bits per heavy atom. The molecule has 0 aliphatic heterocycles. The standard InChI is InChI=1S/C26H35ClN2O3/c1-5-20(4)28-26(31)24(6-2)29(18-21-11-8-7-10-19(21)3)25(30)12-9-17-32-23-15-13-22(27)14-16-23/h7-8,10-11,13-16,20,24H,5-6,9,12,17-18H2,1-4H3,(H,28,31)/t20-,24-/m0/s1. The minimum absolute atomic E-state index is 0.0425. The Kier molecular flexibility index (Phi) is 10.5. The molecular formula is C26H35ClN2O3. The highest BCUT2D eigenvalue weighted by molar-refractivity contribution is 6.30. The van der Waals surface area contributed by atoms with Gasteiger partial charge in [0.2, 0.25) is 11.8 Å². The smallest absolute Gasteiger partial charge is 0.243 e. The van der Waals surface area contributed by atoms with Crippen molar-refractivity contribution in [3.8, 4) is 5.75 Å². The number of carbonyl (C=O) groups excluding carboxylic acids is 2. The van der Waals surface area contributed by atoms with Crippen molar-refractivity contribution in [1.82, 2.24) is 10.2 Å². The highest BCUT2D eigenvalue weighted by Crippen LogP contribution is 2.18. The van der Waals surface area contributed by atoms with E-state index in [1.807, 2.05) is 52.0 Å². The second kappa shape index (κ2) is 13.1. The zero-order valence-corrected chi connectivity index (χ0v) is 20.3. The Labute approximate surface area is 197 Å². The molecule has 2 rings (SSSR count). The number of nitrogens with zero attached hydrogens (tertiary/aromatic N) is 1. The fraction of sp³-hybridized carbons (Fsp3) is 0.462. The molecule has 0 spiro atoms. The molecule has 2 atom stereocenters. The van der Waals surface area contributed by atoms with Gasteiger partial charge >= 0.3 is 0 Å². The van der Waals surface area contributed by atoms with Crippen LogP contribution in [0.25, 0.3) is 0 Å². The van der Waals surface area contributed by atoms with E-state index in [0.29, 0.717) is 37.4 Å². The lowest BCUT2D eigenvalue weighted by Gasteiger charge is -2.32. The van der Waals surface area contributed by atoms with Gasteiger partial charge in [0.15, 0.2) is 0 Å². The molecule has 2 amide bonds. The Bertz CT molecular complexity index is 870. The first-order chi connectivity index (χ1) is 15.3. The monoisotopic (exact) mass is 458 g/mol. The molecule has 0 heterocycles. The van der Waals surface area contributed by atoms with Crippen LogP contribution in [0.4, 0.5) is 0 Å². The number of ether oxygens (including phenoxy) is 1. The van der Waals surface area contributed by atoms with Crippen LogP contribution in [-0.4, -0.2) is 35.4 Å². The van der Waals surface area contributed by atoms with Crippen molar-refractivity contribution in [2.45, 2.75) is 72.0 Å². The average molecular weight is 459 g/mol. The molecule has 0 saturated heterocycles. The van der Waals surface area contributed by atoms with Gasteiger partial charge in [-0.25, -0.2) is 0 Å². The van der Waals surface area contributed by atoms with Crippen LogP contribution in [0.2, 0.25) is 5.02 Å². The summed E-state index contributed by atoms with van der Waals surface area (Å²) in [5.41, 5.74) is 2.15. The molecule has 6 heteroatoms. The summed E-state index contributed by atoms with van der Waals surface area (Å²) in [7, 11) is 0. The van der Waals surface area contributed by atoms with Crippen molar-refractivity contribution >= 4 is 23.4 Å². The third-order valence-electron chi connectivity index (χ3n) is 5.61. The topological polar surface area (TPSA) is 58.6 Å². The molecule has 2 aromatic carbocycles. The lowest BCUT2D eigenvalue weighted by molar-refractivity contribution is -0.141. The summed E-state index contributed by atoms with van der Waals surface area (Å²) in [6.45, 7) is 8.81. The Hall–Kier alpha value is -2.53. The van der Waals surface area contributed by atoms with Crippen molar-refractivity contribution in [3.63, 3.8) is 0 Å². The molecule has 1 N–H and O–H groups in total. The Morgan fingerprint density at radius 2 is 1.75 bits per heavy atom. The maximum atomic E-state index is 13.2. The van der Waals surface area contributed by atoms with Gasteiger partial charge in [0.1, 0.15) is 11.8 Å². The van der Waals surface area contributed by atoms with E-state index in [1.165, 1.54) is 0 Å². The van der Waals surface area contributed by atoms with E-state index in [9.17, 15) is 9.59 Å². The predicted molar refractivity (Wildman–Crippen MR) is 130 cm³/mol. The highest BCUT2D eigenvalue weighted by Gasteiger charge is 2.29. The highest BCUT2D eigenvalue weighted by atomic mass is 35.5. The summed E-state index contributed by atoms with van der Waals surface area (Å²) < 4.78 is 5.72. The molecule has 0 bridgehead atoms. The predicted octanol–water partition coefficient (Wildman–Crippen LogP) is 5.53. The minimum Gasteiger partial charge on any atom is -0.494 e. The van der Waals surface area contributed by atoms with Gasteiger partial charge in [0.25, 0.3) is 0 Å². The van der Waals surface area contributed by atoms with E-state index >= 15 is 0 Å². The molecule has 0 unspecified atom stereocenters. The van der Waals surface area contributed by atoms with Gasteiger partial charge in [-0.2, -0.15) is 0 Å². The zero-order chi connectivity index (χ0) is 23.5. The number of amides is 2. The summed E-state index contributed by atoms with van der Waals surface area (Å²) in [6.07, 6.45) is 2.28. The lowest BCUT2D eigenvalue weighted by Crippen LogP contribution is -2.50. The molecule has 0 aliphatic rings. The minimum atomic E-state index is -0.506. The number of halogens is 1. The van der Waals surface area contributed by atoms with Crippen LogP contribution in [0.5, 0.6) is 5.75 Å². The van der Waals surface area contributed by atoms with Crippen LogP contribution in [0.3, 0.4) is 0 Å². The molecule has 174 valence electrons. The van der Waals surface area contributed by atoms with Crippen molar-refractivity contribution in [2.75, 3.05) is 6.61 Å². The van der Waals surface area contributed by atoms with Crippen LogP contribution in [0, 0.1) is 6.92 Å². The molecule has 2 aromatic rings. The Morgan fingerprint density at radius 1 is 1.06 bits per heavy atom. The molecule has 5 nitrogen and oxygen atoms in total. The number of hydrogen-bond donors (Lipinski definition) is 1. The van der Waals surface area contributed by atoms with E-state index in [4.69, 9.17) is 16.3 Å². The maximum absolute atomic E-state index is 13.2. The quantitative estimate of drug-likeness (QED) is 0.425. The second-order valence-corrected chi connectivity index (χ2v) is 8.53. The first-order valence-electron chi connectivity index (χ1n) is 11.4. The van der Waals surface area contributed by atoms with Crippen molar-refractivity contribution in [2.24, 2.45) is 0 Å². The Balaban J connectivity index is 2.07. The van der Waals surface area contributed by atoms with Gasteiger partial charge in [-0.3, -0.25) is 9.59 Å². The summed E-state index contributed by atoms with van der Waals surface area (Å²) in [6, 6.07) is 14.7. The van der Waals surface area contributed by atoms with Gasteiger partial charge in [-0.05, 0) is 68.5 Å². The first-order valence-corrected chi connectivity index (χ1v) is 11.8. The normalized spacial score (nSPS) is 12.7. The van der Waals surface area contributed by atoms with Crippen molar-refractivity contribution < 1.29 is 14.3 Å². The van der Waals surface area contributed by atoms with E-state index < -0.39 is 6.04 Å². The van der Waals surface area contributed by atoms with E-state index in [-0.39, 0.29) is 17.9 Å². The number of hydrogen-bond acceptors (Lipinski definition) is 3. The second-order valence-electron chi connectivity index (χ2n) is 8.10. The van der Waals surface area contributed by atoms with Crippen LogP contribution >= 0.6 is 11.6 Å². The average Bonchev–Trinajstić information content (AvgIpc) is 2.78. The summed E-state index contributed by atoms with van der Waals surface area (Å²) >= 11 is 5.90. The number of carbonyl (C=O) groups is 2. The van der Waals surface area contributed by atoms with Gasteiger partial charge in [-0.1, -0.05) is 49.7 Å². The molecular weight excluding hydrogens is 424 g/mol. The van der Waals surface area contributed by atoms with Crippen molar-refractivity contribution in [1.29, 1.82) is 0 Å². The third-order valence-corrected chi connectivity index (χ3v) is 5.86. The maximum Gasteiger partial charge on any atom is 0.243 e. The van der Waals surface area contributed by atoms with Crippen LogP contribution in [0.1, 0.15) is 57.6 Å². The van der Waals surface area contributed by atoms with Gasteiger partial charge in [-0.15, -0.1) is 0 Å². The number of nitrogens with one attached hydrogen (secondary N) is 1. The van der Waals surface area contributed by atoms with Gasteiger partial charge in [0.05, 0.1) is 6.61 Å². The third kappa shape index (κ3) is 7.86. The first kappa shape index (κ1) is 25.7. The number of rotatable bonds is 12. The molecule has 32 heavy (non-hydrogen) atoms. The molecule has 0 saturated carbocycles. The lowest BCUT2D eigenvalue weighted by atomic mass is 10.0. The number of aryl methyl sites for hydroxylation is 1. The largest absolute Gasteiger partial charge is 0.494 e. The SMILES string of the molecule is CC[C@H](C)NC(=O)[C@H](CC)N(Cc1ccccc1C)C(=O)CCCOc1ccc(Cl)cc1. The number of benzene rings is 2. The fourth-order valence-electron chi connectivity index (χ4n) is 3.42. The van der Waals surface area contributed by atoms with E-state index in [1.54, 1.807) is 29.2 Å². The van der Waals surface area contributed by atoms with E-state index in [0.717, 1.165) is 23.3 Å². The molecule has 0 aromatic heterocycles. The summed E-state index contributed by atoms with van der Waals surface area (Å²) in [5, 5.41) is 3.69. The summed E-state index contributed by atoms with van der Waals surface area (Å²) in [4.78, 5) is 27.9. The van der Waals surface area contributed by atoms with Crippen LogP contribution < -0.4 is 10.1 Å². The summed E-state index contributed by atoms with van der Waals surface area (Å²) in [5.74, 6) is 0.582. The van der Waals surface area contributed by atoms with Gasteiger partial charge in [0, 0.05) is 24.0 Å².